The maximum absolute atomic E-state index is 13.7. The summed E-state index contributed by atoms with van der Waals surface area (Å²) in [6.07, 6.45) is 1.46. The number of hydrogen-bond acceptors (Lipinski definition) is 7. The molecule has 0 amide bonds. The summed E-state index contributed by atoms with van der Waals surface area (Å²) >= 11 is 0. The summed E-state index contributed by atoms with van der Waals surface area (Å²) in [6.45, 7) is 0.299. The van der Waals surface area contributed by atoms with Crippen molar-refractivity contribution in [3.63, 3.8) is 0 Å². The lowest BCUT2D eigenvalue weighted by atomic mass is 10.1. The molecule has 1 aliphatic rings. The fourth-order valence-electron chi connectivity index (χ4n) is 3.55. The molecule has 3 aromatic rings. The highest BCUT2D eigenvalue weighted by Crippen LogP contribution is 2.40. The Morgan fingerprint density at radius 1 is 0.895 bits per heavy atom. The first-order chi connectivity index (χ1) is 18.1. The molecule has 0 radical (unpaired) electrons. The zero-order valence-corrected chi connectivity index (χ0v) is 19.9. The van der Waals surface area contributed by atoms with Crippen molar-refractivity contribution in [1.29, 1.82) is 0 Å². The number of carbonyl (C=O) groups excluding carboxylic acids is 2. The molecule has 3 aromatic carbocycles. The lowest BCUT2D eigenvalue weighted by Crippen LogP contribution is -2.20. The molecule has 0 spiro atoms. The molecule has 0 aromatic heterocycles. The first-order valence-electron chi connectivity index (χ1n) is 10.7. The Kier molecular flexibility index (Phi) is 7.24. The zero-order chi connectivity index (χ0) is 27.7. The maximum atomic E-state index is 13.7. The van der Waals surface area contributed by atoms with Crippen molar-refractivity contribution < 1.29 is 55.2 Å². The molecule has 4 rings (SSSR count). The van der Waals surface area contributed by atoms with Crippen LogP contribution in [0.15, 0.2) is 36.1 Å². The van der Waals surface area contributed by atoms with Crippen molar-refractivity contribution in [2.24, 2.45) is 0 Å². The first kappa shape index (κ1) is 26.5. The monoisotopic (exact) mass is 536 g/mol. The van der Waals surface area contributed by atoms with Gasteiger partial charge in [0.2, 0.25) is 34.9 Å². The van der Waals surface area contributed by atoms with Crippen molar-refractivity contribution in [2.45, 2.75) is 6.92 Å². The van der Waals surface area contributed by atoms with Crippen molar-refractivity contribution >= 4 is 17.8 Å². The van der Waals surface area contributed by atoms with Crippen LogP contribution < -0.4 is 23.7 Å². The predicted octanol–water partition coefficient (Wildman–Crippen LogP) is 5.31. The van der Waals surface area contributed by atoms with E-state index in [1.165, 1.54) is 39.4 Å². The maximum Gasteiger partial charge on any atom is 0.349 e. The Morgan fingerprint density at radius 2 is 1.55 bits per heavy atom. The van der Waals surface area contributed by atoms with Gasteiger partial charge in [-0.25, -0.2) is 18.0 Å². The highest BCUT2D eigenvalue weighted by molar-refractivity contribution is 6.15. The van der Waals surface area contributed by atoms with Gasteiger partial charge in [-0.1, -0.05) is 0 Å². The van der Waals surface area contributed by atoms with E-state index in [2.05, 4.69) is 4.74 Å². The molecular formula is C26H17F5O7. The van der Waals surface area contributed by atoms with Crippen LogP contribution in [-0.2, 0) is 4.79 Å². The van der Waals surface area contributed by atoms with Crippen LogP contribution >= 0.6 is 0 Å². The molecule has 0 N–H and O–H groups in total. The Morgan fingerprint density at radius 3 is 2.18 bits per heavy atom. The largest absolute Gasteiger partial charge is 0.497 e. The van der Waals surface area contributed by atoms with E-state index in [-0.39, 0.29) is 28.4 Å². The number of methoxy groups -OCH3 is 2. The number of ether oxygens (including phenoxy) is 5. The standard InChI is InChI=1S/C26H17F5O7/c1-11-15(37-18(32)10-36-26-22(30)20(28)19(27)21(29)23(26)31)7-6-14-24(33)17(38-25(11)14)8-12-4-5-13(34-2)9-16(12)35-3/h4-9H,10H2,1-3H3/b17-8-. The molecule has 0 saturated heterocycles. The third-order valence-corrected chi connectivity index (χ3v) is 5.49. The number of allylic oxidation sites excluding steroid dienone is 1. The number of benzene rings is 3. The van der Waals surface area contributed by atoms with Gasteiger partial charge in [0.1, 0.15) is 23.0 Å². The van der Waals surface area contributed by atoms with Gasteiger partial charge in [0.15, 0.2) is 18.1 Å². The minimum Gasteiger partial charge on any atom is -0.497 e. The van der Waals surface area contributed by atoms with Gasteiger partial charge in [0.05, 0.1) is 19.8 Å². The third-order valence-electron chi connectivity index (χ3n) is 5.49. The van der Waals surface area contributed by atoms with Gasteiger partial charge in [-0.2, -0.15) is 8.78 Å². The number of esters is 1. The van der Waals surface area contributed by atoms with E-state index in [1.807, 2.05) is 0 Å². The lowest BCUT2D eigenvalue weighted by Gasteiger charge is -2.12. The number of Topliss-reactive ketones (excluding diaryl/α,β-unsaturated/α-hetero) is 1. The van der Waals surface area contributed by atoms with Crippen LogP contribution in [0, 0.1) is 36.0 Å². The molecular weight excluding hydrogens is 519 g/mol. The van der Waals surface area contributed by atoms with Crippen LogP contribution in [0.25, 0.3) is 6.08 Å². The Balaban J connectivity index is 1.52. The van der Waals surface area contributed by atoms with Gasteiger partial charge in [0, 0.05) is 17.2 Å². The average molecular weight is 536 g/mol. The van der Waals surface area contributed by atoms with Crippen molar-refractivity contribution in [3.8, 4) is 28.7 Å². The summed E-state index contributed by atoms with van der Waals surface area (Å²) in [5.41, 5.74) is 0.934. The normalized spacial score (nSPS) is 13.3. The van der Waals surface area contributed by atoms with Gasteiger partial charge in [-0.3, -0.25) is 4.79 Å². The fraction of sp³-hybridized carbons (Fsp3) is 0.154. The average Bonchev–Trinajstić information content (AvgIpc) is 3.23. The summed E-state index contributed by atoms with van der Waals surface area (Å²) in [5.74, 6) is -13.6. The van der Waals surface area contributed by atoms with Gasteiger partial charge < -0.3 is 23.7 Å². The number of hydrogen-bond donors (Lipinski definition) is 0. The second-order valence-corrected chi connectivity index (χ2v) is 7.77. The molecule has 1 heterocycles. The first-order valence-corrected chi connectivity index (χ1v) is 10.7. The van der Waals surface area contributed by atoms with Crippen molar-refractivity contribution in [2.75, 3.05) is 20.8 Å². The van der Waals surface area contributed by atoms with Crippen LogP contribution in [0.1, 0.15) is 21.5 Å². The number of ketones is 1. The van der Waals surface area contributed by atoms with Gasteiger partial charge in [0.25, 0.3) is 0 Å². The van der Waals surface area contributed by atoms with E-state index in [9.17, 15) is 31.5 Å². The predicted molar refractivity (Wildman–Crippen MR) is 121 cm³/mol. The Labute approximate surface area is 211 Å². The van der Waals surface area contributed by atoms with Crippen molar-refractivity contribution in [1.82, 2.24) is 0 Å². The van der Waals surface area contributed by atoms with E-state index >= 15 is 0 Å². The molecule has 1 aliphatic heterocycles. The lowest BCUT2D eigenvalue weighted by molar-refractivity contribution is -0.136. The molecule has 0 aliphatic carbocycles. The molecule has 0 atom stereocenters. The quantitative estimate of drug-likeness (QED) is 0.101. The highest BCUT2D eigenvalue weighted by Gasteiger charge is 2.31. The summed E-state index contributed by atoms with van der Waals surface area (Å²) in [4.78, 5) is 25.1. The molecule has 0 bridgehead atoms. The Hall–Kier alpha value is -4.61. The fourth-order valence-corrected chi connectivity index (χ4v) is 3.55. The van der Waals surface area contributed by atoms with Gasteiger partial charge in [-0.15, -0.1) is 0 Å². The molecule has 0 unspecified atom stereocenters. The van der Waals surface area contributed by atoms with E-state index < -0.39 is 53.2 Å². The van der Waals surface area contributed by atoms with E-state index in [1.54, 1.807) is 18.2 Å². The van der Waals surface area contributed by atoms with Crippen LogP contribution in [-0.4, -0.2) is 32.6 Å². The van der Waals surface area contributed by atoms with Gasteiger partial charge in [-0.05, 0) is 37.3 Å². The summed E-state index contributed by atoms with van der Waals surface area (Å²) in [7, 11) is 2.94. The third kappa shape index (κ3) is 4.72. The number of carbonyl (C=O) groups is 2. The number of fused-ring (bicyclic) bond motifs is 1. The van der Waals surface area contributed by atoms with E-state index in [0.29, 0.717) is 17.1 Å². The molecule has 0 saturated carbocycles. The molecule has 38 heavy (non-hydrogen) atoms. The van der Waals surface area contributed by atoms with Crippen LogP contribution in [0.3, 0.4) is 0 Å². The highest BCUT2D eigenvalue weighted by atomic mass is 19.2. The minimum atomic E-state index is -2.36. The molecule has 0 fully saturated rings. The van der Waals surface area contributed by atoms with Crippen molar-refractivity contribution in [3.05, 3.63) is 81.9 Å². The smallest absolute Gasteiger partial charge is 0.349 e. The molecule has 198 valence electrons. The SMILES string of the molecule is COc1ccc(/C=C2\Oc3c(ccc(OC(=O)COc4c(F)c(F)c(F)c(F)c4F)c3C)C2=O)c(OC)c1. The number of rotatable bonds is 7. The topological polar surface area (TPSA) is 80.3 Å². The molecule has 7 nitrogen and oxygen atoms in total. The second kappa shape index (κ2) is 10.4. The summed E-state index contributed by atoms with van der Waals surface area (Å²) in [6, 6.07) is 7.57. The van der Waals surface area contributed by atoms with Crippen LogP contribution in [0.4, 0.5) is 22.0 Å². The van der Waals surface area contributed by atoms with Gasteiger partial charge >= 0.3 is 5.97 Å². The van der Waals surface area contributed by atoms with E-state index in [0.717, 1.165) is 0 Å². The summed E-state index contributed by atoms with van der Waals surface area (Å²) < 4.78 is 93.1. The van der Waals surface area contributed by atoms with E-state index in [4.69, 9.17) is 18.9 Å². The number of halogens is 5. The molecule has 12 heteroatoms. The zero-order valence-electron chi connectivity index (χ0n) is 19.9. The van der Waals surface area contributed by atoms with Crippen LogP contribution in [0.2, 0.25) is 0 Å². The minimum absolute atomic E-state index is 0.0373. The Bertz CT molecular complexity index is 1470. The van der Waals surface area contributed by atoms with Crippen LogP contribution in [0.5, 0.6) is 28.7 Å². The second-order valence-electron chi connectivity index (χ2n) is 7.77. The summed E-state index contributed by atoms with van der Waals surface area (Å²) in [5, 5.41) is 0.